The second-order valence-electron chi connectivity index (χ2n) is 5.59. The lowest BCUT2D eigenvalue weighted by Gasteiger charge is -2.12. The zero-order valence-electron chi connectivity index (χ0n) is 13.7. The molecule has 0 heterocycles. The Labute approximate surface area is 136 Å². The van der Waals surface area contributed by atoms with Gasteiger partial charge in [-0.15, -0.1) is 0 Å². The highest BCUT2D eigenvalue weighted by Crippen LogP contribution is 2.15. The third-order valence-electron chi connectivity index (χ3n) is 2.89. The van der Waals surface area contributed by atoms with Crippen LogP contribution in [0.5, 0.6) is 0 Å². The van der Waals surface area contributed by atoms with Crippen LogP contribution in [-0.4, -0.2) is 51.8 Å². The average molecular weight is 342 g/mol. The number of benzene rings is 1. The van der Waals surface area contributed by atoms with E-state index in [2.05, 4.69) is 5.32 Å². The molecular formula is C15H22N2O5S. The maximum atomic E-state index is 12.0. The van der Waals surface area contributed by atoms with Crippen molar-refractivity contribution in [1.29, 1.82) is 0 Å². The number of amides is 1. The van der Waals surface area contributed by atoms with Crippen molar-refractivity contribution >= 4 is 21.9 Å². The predicted octanol–water partition coefficient (Wildman–Crippen LogP) is 0.866. The molecule has 1 aromatic rings. The molecule has 0 spiro atoms. The SMILES string of the molecule is CC(C)CNC(=O)COC(=O)c1cccc(S(=O)(=O)N(C)C)c1. The smallest absolute Gasteiger partial charge is 0.338 e. The number of sulfonamides is 1. The third-order valence-corrected chi connectivity index (χ3v) is 4.70. The number of hydrogen-bond acceptors (Lipinski definition) is 5. The first-order valence-electron chi connectivity index (χ1n) is 7.11. The number of nitrogens with zero attached hydrogens (tertiary/aromatic N) is 1. The highest BCUT2D eigenvalue weighted by atomic mass is 32.2. The van der Waals surface area contributed by atoms with Crippen LogP contribution in [0.4, 0.5) is 0 Å². The molecule has 0 atom stereocenters. The Morgan fingerprint density at radius 3 is 2.48 bits per heavy atom. The van der Waals surface area contributed by atoms with Gasteiger partial charge < -0.3 is 10.1 Å². The number of nitrogens with one attached hydrogen (secondary N) is 1. The van der Waals surface area contributed by atoms with E-state index in [1.165, 1.54) is 38.4 Å². The number of rotatable bonds is 7. The average Bonchev–Trinajstić information content (AvgIpc) is 2.50. The normalized spacial score (nSPS) is 11.6. The second-order valence-corrected chi connectivity index (χ2v) is 7.74. The molecule has 0 aliphatic carbocycles. The lowest BCUT2D eigenvalue weighted by Crippen LogP contribution is -2.31. The summed E-state index contributed by atoms with van der Waals surface area (Å²) in [6.07, 6.45) is 0. The van der Waals surface area contributed by atoms with E-state index in [1.54, 1.807) is 0 Å². The van der Waals surface area contributed by atoms with E-state index in [0.29, 0.717) is 12.5 Å². The van der Waals surface area contributed by atoms with Gasteiger partial charge in [0, 0.05) is 20.6 Å². The first-order chi connectivity index (χ1) is 10.6. The summed E-state index contributed by atoms with van der Waals surface area (Å²) in [7, 11) is -0.832. The van der Waals surface area contributed by atoms with Gasteiger partial charge in [-0.1, -0.05) is 19.9 Å². The molecule has 0 aliphatic rings. The Morgan fingerprint density at radius 2 is 1.91 bits per heavy atom. The molecule has 8 heteroatoms. The molecule has 0 fully saturated rings. The Balaban J connectivity index is 2.73. The minimum atomic E-state index is -3.64. The van der Waals surface area contributed by atoms with E-state index in [1.807, 2.05) is 13.8 Å². The molecule has 0 radical (unpaired) electrons. The molecule has 0 bridgehead atoms. The van der Waals surface area contributed by atoms with Crippen LogP contribution in [-0.2, 0) is 19.6 Å². The lowest BCUT2D eigenvalue weighted by molar-refractivity contribution is -0.124. The summed E-state index contributed by atoms with van der Waals surface area (Å²) in [6.45, 7) is 3.98. The Hall–Kier alpha value is -1.93. The molecule has 1 N–H and O–H groups in total. The van der Waals surface area contributed by atoms with Crippen LogP contribution in [0.25, 0.3) is 0 Å². The highest BCUT2D eigenvalue weighted by Gasteiger charge is 2.19. The molecule has 1 amide bonds. The molecule has 7 nitrogen and oxygen atoms in total. The fourth-order valence-corrected chi connectivity index (χ4v) is 2.53. The minimum Gasteiger partial charge on any atom is -0.452 e. The lowest BCUT2D eigenvalue weighted by atomic mass is 10.2. The molecule has 0 unspecified atom stereocenters. The maximum absolute atomic E-state index is 12.0. The topological polar surface area (TPSA) is 92.8 Å². The van der Waals surface area contributed by atoms with Crippen molar-refractivity contribution in [2.75, 3.05) is 27.2 Å². The van der Waals surface area contributed by atoms with E-state index >= 15 is 0 Å². The summed E-state index contributed by atoms with van der Waals surface area (Å²) in [4.78, 5) is 23.4. The third kappa shape index (κ3) is 5.65. The molecule has 1 aromatic carbocycles. The second kappa shape index (κ2) is 8.07. The van der Waals surface area contributed by atoms with Crippen LogP contribution < -0.4 is 5.32 Å². The summed E-state index contributed by atoms with van der Waals surface area (Å²) < 4.78 is 30.0. The van der Waals surface area contributed by atoms with Crippen molar-refractivity contribution in [2.24, 2.45) is 5.92 Å². The fraction of sp³-hybridized carbons (Fsp3) is 0.467. The van der Waals surface area contributed by atoms with Gasteiger partial charge in [0.15, 0.2) is 6.61 Å². The van der Waals surface area contributed by atoms with E-state index in [-0.39, 0.29) is 10.5 Å². The molecular weight excluding hydrogens is 320 g/mol. The van der Waals surface area contributed by atoms with Gasteiger partial charge in [-0.05, 0) is 24.1 Å². The van der Waals surface area contributed by atoms with Gasteiger partial charge in [0.2, 0.25) is 10.0 Å². The predicted molar refractivity (Wildman–Crippen MR) is 85.4 cm³/mol. The van der Waals surface area contributed by atoms with Crippen molar-refractivity contribution in [3.05, 3.63) is 29.8 Å². The van der Waals surface area contributed by atoms with Gasteiger partial charge in [0.05, 0.1) is 10.5 Å². The van der Waals surface area contributed by atoms with Crippen LogP contribution in [0.15, 0.2) is 29.2 Å². The minimum absolute atomic E-state index is 0.0128. The van der Waals surface area contributed by atoms with Crippen LogP contribution in [0.3, 0.4) is 0 Å². The summed E-state index contributed by atoms with van der Waals surface area (Å²) in [6, 6.07) is 5.50. The zero-order valence-corrected chi connectivity index (χ0v) is 14.5. The zero-order chi connectivity index (χ0) is 17.6. The Morgan fingerprint density at radius 1 is 1.26 bits per heavy atom. The molecule has 1 rings (SSSR count). The summed E-state index contributed by atoms with van der Waals surface area (Å²) in [5.41, 5.74) is 0.0737. The molecule has 0 saturated heterocycles. The first kappa shape index (κ1) is 19.1. The number of ether oxygens (including phenoxy) is 1. The van der Waals surface area contributed by atoms with Crippen LogP contribution in [0.1, 0.15) is 24.2 Å². The monoisotopic (exact) mass is 342 g/mol. The first-order valence-corrected chi connectivity index (χ1v) is 8.55. The molecule has 0 aliphatic heterocycles. The van der Waals surface area contributed by atoms with Gasteiger partial charge in [0.1, 0.15) is 0 Å². The quantitative estimate of drug-likeness (QED) is 0.742. The van der Waals surface area contributed by atoms with Crippen molar-refractivity contribution in [3.8, 4) is 0 Å². The van der Waals surface area contributed by atoms with E-state index < -0.39 is 28.5 Å². The summed E-state index contributed by atoms with van der Waals surface area (Å²) >= 11 is 0. The largest absolute Gasteiger partial charge is 0.452 e. The Bertz CT molecular complexity index is 668. The number of carbonyl (C=O) groups excluding carboxylic acids is 2. The number of hydrogen-bond donors (Lipinski definition) is 1. The van der Waals surface area contributed by atoms with Crippen LogP contribution in [0, 0.1) is 5.92 Å². The number of esters is 1. The van der Waals surface area contributed by atoms with Gasteiger partial charge >= 0.3 is 5.97 Å². The van der Waals surface area contributed by atoms with Crippen molar-refractivity contribution in [2.45, 2.75) is 18.7 Å². The highest BCUT2D eigenvalue weighted by molar-refractivity contribution is 7.89. The van der Waals surface area contributed by atoms with E-state index in [9.17, 15) is 18.0 Å². The van der Waals surface area contributed by atoms with Crippen molar-refractivity contribution in [1.82, 2.24) is 9.62 Å². The van der Waals surface area contributed by atoms with Gasteiger partial charge in [-0.25, -0.2) is 17.5 Å². The summed E-state index contributed by atoms with van der Waals surface area (Å²) in [5.74, 6) is -0.854. The molecule has 128 valence electrons. The summed E-state index contributed by atoms with van der Waals surface area (Å²) in [5, 5.41) is 2.62. The number of carbonyl (C=O) groups is 2. The van der Waals surface area contributed by atoms with Crippen LogP contribution in [0.2, 0.25) is 0 Å². The van der Waals surface area contributed by atoms with Gasteiger partial charge in [-0.3, -0.25) is 4.79 Å². The standard InChI is InChI=1S/C15H22N2O5S/c1-11(2)9-16-14(18)10-22-15(19)12-6-5-7-13(8-12)23(20,21)17(3)4/h5-8,11H,9-10H2,1-4H3,(H,16,18). The van der Waals surface area contributed by atoms with Crippen LogP contribution >= 0.6 is 0 Å². The molecule has 0 saturated carbocycles. The maximum Gasteiger partial charge on any atom is 0.338 e. The van der Waals surface area contributed by atoms with Crippen molar-refractivity contribution < 1.29 is 22.7 Å². The molecule has 0 aromatic heterocycles. The molecule has 23 heavy (non-hydrogen) atoms. The fourth-order valence-electron chi connectivity index (χ4n) is 1.58. The Kier molecular flexibility index (Phi) is 6.71. The van der Waals surface area contributed by atoms with Gasteiger partial charge in [-0.2, -0.15) is 0 Å². The van der Waals surface area contributed by atoms with E-state index in [4.69, 9.17) is 4.74 Å². The van der Waals surface area contributed by atoms with Crippen molar-refractivity contribution in [3.63, 3.8) is 0 Å². The van der Waals surface area contributed by atoms with E-state index in [0.717, 1.165) is 4.31 Å². The van der Waals surface area contributed by atoms with Gasteiger partial charge in [0.25, 0.3) is 5.91 Å².